The molecular formula is C14H21BrN2O2. The Kier molecular flexibility index (Phi) is 7.52. The van der Waals surface area contributed by atoms with Gasteiger partial charge in [-0.3, -0.25) is 4.79 Å². The molecule has 0 aliphatic heterocycles. The van der Waals surface area contributed by atoms with Crippen molar-refractivity contribution >= 4 is 21.8 Å². The number of halogens is 1. The summed E-state index contributed by atoms with van der Waals surface area (Å²) in [7, 11) is 1.85. The first-order valence-electron chi connectivity index (χ1n) is 6.48. The van der Waals surface area contributed by atoms with Gasteiger partial charge in [-0.25, -0.2) is 0 Å². The van der Waals surface area contributed by atoms with E-state index >= 15 is 0 Å². The number of carbonyl (C=O) groups is 1. The molecular weight excluding hydrogens is 308 g/mol. The number of amides is 1. The average Bonchev–Trinajstić information content (AvgIpc) is 2.43. The fraction of sp³-hybridized carbons (Fsp3) is 0.500. The van der Waals surface area contributed by atoms with Gasteiger partial charge in [0.05, 0.1) is 6.54 Å². The number of rotatable bonds is 8. The van der Waals surface area contributed by atoms with Crippen molar-refractivity contribution in [2.75, 3.05) is 33.3 Å². The molecule has 0 unspecified atom stereocenters. The van der Waals surface area contributed by atoms with Gasteiger partial charge in [-0.2, -0.15) is 0 Å². The van der Waals surface area contributed by atoms with Gasteiger partial charge in [0.15, 0.2) is 0 Å². The molecule has 0 atom stereocenters. The van der Waals surface area contributed by atoms with Gasteiger partial charge >= 0.3 is 0 Å². The first-order valence-corrected chi connectivity index (χ1v) is 7.27. The van der Waals surface area contributed by atoms with E-state index in [1.807, 2.05) is 43.1 Å². The number of hydrogen-bond donors (Lipinski definition) is 1. The molecule has 0 bridgehead atoms. The standard InChI is InChI=1S/C14H21BrN2O2/c1-3-17(14(18)8-9-16-2)10-11-19-13-6-4-12(15)5-7-13/h4-7,16H,3,8-11H2,1-2H3. The van der Waals surface area contributed by atoms with Crippen LogP contribution < -0.4 is 10.1 Å². The van der Waals surface area contributed by atoms with E-state index in [9.17, 15) is 4.79 Å². The molecule has 1 N–H and O–H groups in total. The molecule has 0 radical (unpaired) electrons. The number of nitrogens with zero attached hydrogens (tertiary/aromatic N) is 1. The molecule has 0 saturated carbocycles. The monoisotopic (exact) mass is 328 g/mol. The molecule has 0 fully saturated rings. The lowest BCUT2D eigenvalue weighted by atomic mass is 10.3. The van der Waals surface area contributed by atoms with Crippen LogP contribution in [0.5, 0.6) is 5.75 Å². The maximum atomic E-state index is 11.8. The van der Waals surface area contributed by atoms with Gasteiger partial charge in [0, 0.05) is 24.0 Å². The van der Waals surface area contributed by atoms with E-state index in [0.717, 1.165) is 10.2 Å². The summed E-state index contributed by atoms with van der Waals surface area (Å²) in [6, 6.07) is 7.68. The van der Waals surface area contributed by atoms with E-state index in [0.29, 0.717) is 32.7 Å². The zero-order chi connectivity index (χ0) is 14.1. The number of hydrogen-bond acceptors (Lipinski definition) is 3. The summed E-state index contributed by atoms with van der Waals surface area (Å²) in [4.78, 5) is 13.7. The van der Waals surface area contributed by atoms with Crippen LogP contribution in [0.25, 0.3) is 0 Å². The Labute approximate surface area is 123 Å². The van der Waals surface area contributed by atoms with Crippen LogP contribution in [0.1, 0.15) is 13.3 Å². The number of carbonyl (C=O) groups excluding carboxylic acids is 1. The second kappa shape index (κ2) is 8.93. The number of nitrogens with one attached hydrogen (secondary N) is 1. The smallest absolute Gasteiger partial charge is 0.223 e. The molecule has 1 aromatic carbocycles. The second-order valence-electron chi connectivity index (χ2n) is 4.13. The van der Waals surface area contributed by atoms with Crippen LogP contribution in [0.4, 0.5) is 0 Å². The van der Waals surface area contributed by atoms with Crippen molar-refractivity contribution in [2.45, 2.75) is 13.3 Å². The fourth-order valence-electron chi connectivity index (χ4n) is 1.65. The van der Waals surface area contributed by atoms with Crippen molar-refractivity contribution in [3.05, 3.63) is 28.7 Å². The Morgan fingerprint density at radius 1 is 1.37 bits per heavy atom. The number of benzene rings is 1. The zero-order valence-electron chi connectivity index (χ0n) is 11.5. The van der Waals surface area contributed by atoms with E-state index in [-0.39, 0.29) is 5.91 Å². The second-order valence-corrected chi connectivity index (χ2v) is 5.05. The van der Waals surface area contributed by atoms with Crippen LogP contribution in [0, 0.1) is 0 Å². The quantitative estimate of drug-likeness (QED) is 0.796. The Bertz CT molecular complexity index is 382. The van der Waals surface area contributed by atoms with Gasteiger partial charge in [-0.15, -0.1) is 0 Å². The molecule has 0 aliphatic carbocycles. The normalized spacial score (nSPS) is 10.3. The predicted molar refractivity (Wildman–Crippen MR) is 80.4 cm³/mol. The summed E-state index contributed by atoms with van der Waals surface area (Å²) in [5, 5.41) is 2.98. The lowest BCUT2D eigenvalue weighted by Crippen LogP contribution is -2.35. The predicted octanol–water partition coefficient (Wildman–Crippen LogP) is 2.29. The molecule has 0 spiro atoms. The first kappa shape index (κ1) is 16.0. The van der Waals surface area contributed by atoms with Crippen molar-refractivity contribution in [3.63, 3.8) is 0 Å². The van der Waals surface area contributed by atoms with Crippen LogP contribution >= 0.6 is 15.9 Å². The summed E-state index contributed by atoms with van der Waals surface area (Å²) < 4.78 is 6.64. The summed E-state index contributed by atoms with van der Waals surface area (Å²) in [5.74, 6) is 0.984. The maximum absolute atomic E-state index is 11.8. The molecule has 0 aromatic heterocycles. The minimum atomic E-state index is 0.163. The van der Waals surface area contributed by atoms with Crippen molar-refractivity contribution in [1.29, 1.82) is 0 Å². The summed E-state index contributed by atoms with van der Waals surface area (Å²) >= 11 is 3.38. The van der Waals surface area contributed by atoms with Crippen molar-refractivity contribution in [1.82, 2.24) is 10.2 Å². The molecule has 5 heteroatoms. The molecule has 1 amide bonds. The number of ether oxygens (including phenoxy) is 1. The third-order valence-corrected chi connectivity index (χ3v) is 3.30. The lowest BCUT2D eigenvalue weighted by Gasteiger charge is -2.21. The minimum absolute atomic E-state index is 0.163. The molecule has 4 nitrogen and oxygen atoms in total. The highest BCUT2D eigenvalue weighted by molar-refractivity contribution is 9.10. The average molecular weight is 329 g/mol. The van der Waals surface area contributed by atoms with Gasteiger partial charge in [-0.05, 0) is 38.2 Å². The largest absolute Gasteiger partial charge is 0.492 e. The van der Waals surface area contributed by atoms with Crippen molar-refractivity contribution < 1.29 is 9.53 Å². The maximum Gasteiger partial charge on any atom is 0.223 e. The lowest BCUT2D eigenvalue weighted by molar-refractivity contribution is -0.131. The van der Waals surface area contributed by atoms with E-state index < -0.39 is 0 Å². The fourth-order valence-corrected chi connectivity index (χ4v) is 1.92. The third kappa shape index (κ3) is 6.07. The zero-order valence-corrected chi connectivity index (χ0v) is 13.1. The Balaban J connectivity index is 2.33. The van der Waals surface area contributed by atoms with Gasteiger partial charge < -0.3 is 15.0 Å². The van der Waals surface area contributed by atoms with Gasteiger partial charge in [0.2, 0.25) is 5.91 Å². The van der Waals surface area contributed by atoms with Crippen LogP contribution in [-0.2, 0) is 4.79 Å². The minimum Gasteiger partial charge on any atom is -0.492 e. The summed E-state index contributed by atoms with van der Waals surface area (Å²) in [6.45, 7) is 4.54. The molecule has 1 aromatic rings. The van der Waals surface area contributed by atoms with Gasteiger partial charge in [-0.1, -0.05) is 15.9 Å². The third-order valence-electron chi connectivity index (χ3n) is 2.77. The van der Waals surface area contributed by atoms with E-state index in [1.165, 1.54) is 0 Å². The summed E-state index contributed by atoms with van der Waals surface area (Å²) in [5.41, 5.74) is 0. The van der Waals surface area contributed by atoms with Gasteiger partial charge in [0.25, 0.3) is 0 Å². The molecule has 19 heavy (non-hydrogen) atoms. The Morgan fingerprint density at radius 3 is 2.63 bits per heavy atom. The SMILES string of the molecule is CCN(CCOc1ccc(Br)cc1)C(=O)CCNC. The van der Waals surface area contributed by atoms with Crippen molar-refractivity contribution in [3.8, 4) is 5.75 Å². The number of likely N-dealkylation sites (N-methyl/N-ethyl adjacent to an activating group) is 1. The highest BCUT2D eigenvalue weighted by Gasteiger charge is 2.10. The van der Waals surface area contributed by atoms with Crippen LogP contribution in [0.2, 0.25) is 0 Å². The van der Waals surface area contributed by atoms with Crippen LogP contribution in [0.15, 0.2) is 28.7 Å². The molecule has 106 valence electrons. The first-order chi connectivity index (χ1) is 9.17. The van der Waals surface area contributed by atoms with E-state index in [2.05, 4.69) is 21.2 Å². The highest BCUT2D eigenvalue weighted by atomic mass is 79.9. The Morgan fingerprint density at radius 2 is 2.05 bits per heavy atom. The van der Waals surface area contributed by atoms with Crippen LogP contribution in [0.3, 0.4) is 0 Å². The molecule has 1 rings (SSSR count). The van der Waals surface area contributed by atoms with Crippen molar-refractivity contribution in [2.24, 2.45) is 0 Å². The topological polar surface area (TPSA) is 41.6 Å². The van der Waals surface area contributed by atoms with Gasteiger partial charge in [0.1, 0.15) is 12.4 Å². The van der Waals surface area contributed by atoms with E-state index in [4.69, 9.17) is 4.74 Å². The highest BCUT2D eigenvalue weighted by Crippen LogP contribution is 2.15. The molecule has 0 heterocycles. The van der Waals surface area contributed by atoms with Crippen LogP contribution in [-0.4, -0.2) is 44.1 Å². The molecule has 0 saturated heterocycles. The van der Waals surface area contributed by atoms with E-state index in [1.54, 1.807) is 0 Å². The molecule has 0 aliphatic rings. The summed E-state index contributed by atoms with van der Waals surface area (Å²) in [6.07, 6.45) is 0.530. The Hall–Kier alpha value is -1.07.